The van der Waals surface area contributed by atoms with Crippen LogP contribution in [0.1, 0.15) is 95.4 Å². The molecule has 5 rings (SSSR count). The summed E-state index contributed by atoms with van der Waals surface area (Å²) in [6, 6.07) is 18.7. The number of hydrogen-bond donors (Lipinski definition) is 1. The van der Waals surface area contributed by atoms with Gasteiger partial charge in [0, 0.05) is 24.8 Å². The van der Waals surface area contributed by atoms with E-state index in [-0.39, 0.29) is 15.9 Å². The maximum absolute atomic E-state index is 15.2. The minimum atomic E-state index is -2.03. The Morgan fingerprint density at radius 2 is 1.42 bits per heavy atom. The summed E-state index contributed by atoms with van der Waals surface area (Å²) in [5.41, 5.74) is 6.04. The van der Waals surface area contributed by atoms with Crippen molar-refractivity contribution < 1.29 is 18.0 Å². The van der Waals surface area contributed by atoms with Gasteiger partial charge in [0.1, 0.15) is 18.1 Å². The fraction of sp³-hybridized carbons (Fsp3) is 0.571. The van der Waals surface area contributed by atoms with Crippen LogP contribution in [0.4, 0.5) is 10.1 Å². The van der Waals surface area contributed by atoms with Crippen LogP contribution in [0.5, 0.6) is 17.2 Å². The second-order valence-corrected chi connectivity index (χ2v) is 27.2. The molecule has 1 aliphatic heterocycles. The number of halogens is 1. The highest BCUT2D eigenvalue weighted by Gasteiger charge is 2.40. The van der Waals surface area contributed by atoms with Crippen LogP contribution in [0.15, 0.2) is 54.6 Å². The molecule has 3 aromatic rings. The van der Waals surface area contributed by atoms with Gasteiger partial charge in [0.2, 0.25) is 16.6 Å². The van der Waals surface area contributed by atoms with E-state index in [9.17, 15) is 0 Å². The fourth-order valence-electron chi connectivity index (χ4n) is 6.50. The molecule has 5 nitrogen and oxygen atoms in total. The van der Waals surface area contributed by atoms with Gasteiger partial charge in [-0.25, -0.2) is 4.39 Å². The Labute approximate surface area is 304 Å². The van der Waals surface area contributed by atoms with Gasteiger partial charge < -0.3 is 18.9 Å². The van der Waals surface area contributed by atoms with Crippen LogP contribution < -0.4 is 18.9 Å². The van der Waals surface area contributed by atoms with Crippen molar-refractivity contribution >= 4 is 22.3 Å². The molecule has 8 heteroatoms. The van der Waals surface area contributed by atoms with Crippen LogP contribution in [-0.4, -0.2) is 47.8 Å². The van der Waals surface area contributed by atoms with E-state index in [1.54, 1.807) is 12.1 Å². The van der Waals surface area contributed by atoms with Crippen molar-refractivity contribution in [2.24, 2.45) is 0 Å². The topological polar surface area (TPSA) is 43.0 Å². The number of rotatable bonds is 12. The van der Waals surface area contributed by atoms with Crippen molar-refractivity contribution in [1.29, 1.82) is 0 Å². The Bertz CT molecular complexity index is 1610. The first-order valence-electron chi connectivity index (χ1n) is 18.9. The van der Waals surface area contributed by atoms with Gasteiger partial charge in [-0.2, -0.15) is 0 Å². The highest BCUT2D eigenvalue weighted by Crippen LogP contribution is 2.43. The standard InChI is InChI=1S/C42H63FN2O3Si2/c1-41(2,3)49(7,8)47-35-18-17-32-27-34(16-15-33(32)28-35)37-20-19-36(48-50(9,10)42(4,5)6)29-39(37)44-30-31-14-21-40(38(43)26-31)46-25-24-45-22-12-11-13-23-45/h14,17-21,26,28-29,34,44H,11-13,15-16,22-25,27,30H2,1-10H3. The van der Waals surface area contributed by atoms with E-state index in [1.807, 2.05) is 6.07 Å². The molecular formula is C42H63FN2O3Si2. The maximum Gasteiger partial charge on any atom is 0.250 e. The minimum absolute atomic E-state index is 0.0919. The Morgan fingerprint density at radius 3 is 2.06 bits per heavy atom. The molecule has 50 heavy (non-hydrogen) atoms. The van der Waals surface area contributed by atoms with Crippen molar-refractivity contribution in [2.75, 3.05) is 31.6 Å². The van der Waals surface area contributed by atoms with E-state index in [4.69, 9.17) is 13.6 Å². The predicted molar refractivity (Wildman–Crippen MR) is 213 cm³/mol. The molecule has 1 aliphatic carbocycles. The molecule has 0 spiro atoms. The van der Waals surface area contributed by atoms with Gasteiger partial charge in [-0.15, -0.1) is 0 Å². The van der Waals surface area contributed by atoms with Crippen LogP contribution in [-0.2, 0) is 19.4 Å². The number of benzene rings is 3. The average molecular weight is 719 g/mol. The molecule has 1 unspecified atom stereocenters. The van der Waals surface area contributed by atoms with Crippen LogP contribution in [0, 0.1) is 5.82 Å². The first kappa shape index (κ1) is 38.4. The zero-order valence-corrected chi connectivity index (χ0v) is 34.6. The van der Waals surface area contributed by atoms with Gasteiger partial charge in [0.25, 0.3) is 0 Å². The molecule has 0 saturated carbocycles. The molecule has 1 saturated heterocycles. The van der Waals surface area contributed by atoms with Crippen molar-refractivity contribution in [3.8, 4) is 17.2 Å². The summed E-state index contributed by atoms with van der Waals surface area (Å²) in [6.07, 6.45) is 6.84. The summed E-state index contributed by atoms with van der Waals surface area (Å²) >= 11 is 0. The van der Waals surface area contributed by atoms with E-state index in [0.717, 1.165) is 61.6 Å². The second-order valence-electron chi connectivity index (χ2n) is 17.7. The van der Waals surface area contributed by atoms with Crippen molar-refractivity contribution in [3.63, 3.8) is 0 Å². The minimum Gasteiger partial charge on any atom is -0.543 e. The summed E-state index contributed by atoms with van der Waals surface area (Å²) < 4.78 is 34.5. The second kappa shape index (κ2) is 15.4. The number of nitrogens with one attached hydrogen (secondary N) is 1. The van der Waals surface area contributed by atoms with Crippen LogP contribution >= 0.6 is 0 Å². The van der Waals surface area contributed by atoms with Gasteiger partial charge >= 0.3 is 0 Å². The van der Waals surface area contributed by atoms with Gasteiger partial charge in [0.05, 0.1) is 0 Å². The largest absolute Gasteiger partial charge is 0.543 e. The van der Waals surface area contributed by atoms with Crippen molar-refractivity contribution in [2.45, 2.75) is 129 Å². The zero-order chi connectivity index (χ0) is 36.3. The predicted octanol–water partition coefficient (Wildman–Crippen LogP) is 11.3. The Kier molecular flexibility index (Phi) is 11.9. The van der Waals surface area contributed by atoms with Crippen molar-refractivity contribution in [3.05, 3.63) is 82.7 Å². The lowest BCUT2D eigenvalue weighted by Gasteiger charge is -2.37. The quantitative estimate of drug-likeness (QED) is 0.189. The third-order valence-electron chi connectivity index (χ3n) is 11.8. The van der Waals surface area contributed by atoms with E-state index < -0.39 is 16.6 Å². The fourth-order valence-corrected chi connectivity index (χ4v) is 8.54. The SMILES string of the molecule is CC(C)(C)[Si](C)(C)Oc1ccc2c(c1)CCC(c1ccc(O[Si](C)(C)C(C)(C)C)cc1NCc1ccc(OCCN3CCCCC3)c(F)c1)C2. The maximum atomic E-state index is 15.2. The summed E-state index contributed by atoms with van der Waals surface area (Å²) in [6.45, 7) is 26.9. The lowest BCUT2D eigenvalue weighted by atomic mass is 9.79. The number of nitrogens with zero attached hydrogens (tertiary/aromatic N) is 1. The molecule has 2 aliphatic rings. The molecular weight excluding hydrogens is 656 g/mol. The number of ether oxygens (including phenoxy) is 1. The summed E-state index contributed by atoms with van der Waals surface area (Å²) in [4.78, 5) is 2.41. The lowest BCUT2D eigenvalue weighted by Crippen LogP contribution is -2.43. The lowest BCUT2D eigenvalue weighted by molar-refractivity contribution is 0.180. The van der Waals surface area contributed by atoms with E-state index >= 15 is 4.39 Å². The van der Waals surface area contributed by atoms with E-state index in [2.05, 4.69) is 114 Å². The van der Waals surface area contributed by atoms with Gasteiger partial charge in [0.15, 0.2) is 11.6 Å². The molecule has 0 radical (unpaired) electrons. The molecule has 1 fully saturated rings. The van der Waals surface area contributed by atoms with E-state index in [0.29, 0.717) is 24.8 Å². The number of piperidine rings is 1. The monoisotopic (exact) mass is 718 g/mol. The Hall–Kier alpha value is -2.82. The van der Waals surface area contributed by atoms with Gasteiger partial charge in [-0.1, -0.05) is 66.2 Å². The van der Waals surface area contributed by atoms with Crippen LogP contribution in [0.2, 0.25) is 36.3 Å². The smallest absolute Gasteiger partial charge is 0.250 e. The summed E-state index contributed by atoms with van der Waals surface area (Å²) in [5, 5.41) is 3.95. The normalized spacial score (nSPS) is 17.6. The molecule has 1 heterocycles. The van der Waals surface area contributed by atoms with Crippen molar-refractivity contribution in [1.82, 2.24) is 4.90 Å². The average Bonchev–Trinajstić information content (AvgIpc) is 3.03. The Morgan fingerprint density at radius 1 is 0.780 bits per heavy atom. The number of fused-ring (bicyclic) bond motifs is 1. The number of aryl methyl sites for hydroxylation is 1. The summed E-state index contributed by atoms with van der Waals surface area (Å²) in [5.74, 6) is 2.30. The highest BCUT2D eigenvalue weighted by atomic mass is 28.4. The van der Waals surface area contributed by atoms with E-state index in [1.165, 1.54) is 36.0 Å². The molecule has 0 aromatic heterocycles. The zero-order valence-electron chi connectivity index (χ0n) is 32.6. The highest BCUT2D eigenvalue weighted by molar-refractivity contribution is 6.75. The first-order chi connectivity index (χ1) is 23.4. The Balaban J connectivity index is 1.32. The third-order valence-corrected chi connectivity index (χ3v) is 20.5. The third kappa shape index (κ3) is 9.53. The summed E-state index contributed by atoms with van der Waals surface area (Å²) in [7, 11) is -3.94. The molecule has 0 amide bonds. The van der Waals surface area contributed by atoms with Gasteiger partial charge in [-0.05, 0) is 140 Å². The number of hydrogen-bond acceptors (Lipinski definition) is 5. The molecule has 1 N–H and O–H groups in total. The number of likely N-dealkylation sites (tertiary alicyclic amines) is 1. The first-order valence-corrected chi connectivity index (χ1v) is 24.7. The molecule has 274 valence electrons. The van der Waals surface area contributed by atoms with Gasteiger partial charge in [-0.3, -0.25) is 4.90 Å². The van der Waals surface area contributed by atoms with Crippen LogP contribution in [0.3, 0.4) is 0 Å². The van der Waals surface area contributed by atoms with Crippen LogP contribution in [0.25, 0.3) is 0 Å². The molecule has 0 bridgehead atoms. The molecule has 1 atom stereocenters. The number of anilines is 1. The molecule has 3 aromatic carbocycles.